The zero-order valence-corrected chi connectivity index (χ0v) is 20.1. The third kappa shape index (κ3) is 6.25. The second kappa shape index (κ2) is 11.5. The summed E-state index contributed by atoms with van der Waals surface area (Å²) in [6.45, 7) is 6.14. The van der Waals surface area contributed by atoms with Crippen LogP contribution in [0.5, 0.6) is 5.75 Å². The molecule has 5 nitrogen and oxygen atoms in total. The number of benzene rings is 3. The van der Waals surface area contributed by atoms with E-state index in [2.05, 4.69) is 47.1 Å². The molecule has 1 N–H and O–H groups in total. The number of unbranched alkanes of at least 4 members (excludes halogenated alkanes) is 2. The monoisotopic (exact) mass is 455 g/mol. The number of carbonyl (C=O) groups excluding carboxylic acids is 1. The molecule has 0 unspecified atom stereocenters. The Morgan fingerprint density at radius 1 is 0.912 bits per heavy atom. The van der Waals surface area contributed by atoms with Crippen molar-refractivity contribution >= 4 is 16.9 Å². The number of amides is 1. The van der Waals surface area contributed by atoms with Crippen LogP contribution in [-0.4, -0.2) is 28.6 Å². The first-order valence-electron chi connectivity index (χ1n) is 12.1. The molecule has 34 heavy (non-hydrogen) atoms. The lowest BCUT2D eigenvalue weighted by molar-refractivity contribution is 0.0953. The Hall–Kier alpha value is -3.60. The molecule has 0 aliphatic carbocycles. The van der Waals surface area contributed by atoms with Gasteiger partial charge in [-0.1, -0.05) is 48.4 Å². The Bertz CT molecular complexity index is 1230. The van der Waals surface area contributed by atoms with Crippen molar-refractivity contribution in [2.45, 2.75) is 46.1 Å². The van der Waals surface area contributed by atoms with Gasteiger partial charge in [0.2, 0.25) is 0 Å². The van der Waals surface area contributed by atoms with Crippen LogP contribution in [0.4, 0.5) is 0 Å². The highest BCUT2D eigenvalue weighted by Gasteiger charge is 2.11. The van der Waals surface area contributed by atoms with Gasteiger partial charge in [0.1, 0.15) is 18.2 Å². The Morgan fingerprint density at radius 3 is 2.56 bits per heavy atom. The maximum Gasteiger partial charge on any atom is 0.251 e. The van der Waals surface area contributed by atoms with Crippen molar-refractivity contribution < 1.29 is 9.53 Å². The van der Waals surface area contributed by atoms with Gasteiger partial charge in [0.25, 0.3) is 5.91 Å². The average molecular weight is 456 g/mol. The van der Waals surface area contributed by atoms with Crippen LogP contribution in [-0.2, 0) is 13.0 Å². The minimum absolute atomic E-state index is 0.00426. The highest BCUT2D eigenvalue weighted by molar-refractivity contribution is 5.94. The van der Waals surface area contributed by atoms with E-state index in [-0.39, 0.29) is 5.91 Å². The Labute approximate surface area is 201 Å². The molecular weight excluding hydrogens is 422 g/mol. The number of hydrogen-bond donors (Lipinski definition) is 1. The largest absolute Gasteiger partial charge is 0.492 e. The summed E-state index contributed by atoms with van der Waals surface area (Å²) < 4.78 is 8.28. The van der Waals surface area contributed by atoms with Gasteiger partial charge in [-0.15, -0.1) is 0 Å². The van der Waals surface area contributed by atoms with Crippen molar-refractivity contribution in [3.63, 3.8) is 0 Å². The number of fused-ring (bicyclic) bond motifs is 1. The predicted molar refractivity (Wildman–Crippen MR) is 137 cm³/mol. The zero-order chi connectivity index (χ0) is 23.8. The second-order valence-corrected chi connectivity index (χ2v) is 8.77. The van der Waals surface area contributed by atoms with Crippen molar-refractivity contribution in [2.24, 2.45) is 0 Å². The fourth-order valence-corrected chi connectivity index (χ4v) is 4.12. The molecule has 0 fully saturated rings. The van der Waals surface area contributed by atoms with Crippen LogP contribution >= 0.6 is 0 Å². The molecule has 1 heterocycles. The maximum atomic E-state index is 12.2. The lowest BCUT2D eigenvalue weighted by Gasteiger charge is -2.11. The molecule has 1 aromatic heterocycles. The summed E-state index contributed by atoms with van der Waals surface area (Å²) in [5.74, 6) is 1.99. The van der Waals surface area contributed by atoms with E-state index in [1.54, 1.807) is 0 Å². The van der Waals surface area contributed by atoms with Crippen LogP contribution in [0, 0.1) is 13.8 Å². The Morgan fingerprint density at radius 2 is 1.74 bits per heavy atom. The fourth-order valence-electron chi connectivity index (χ4n) is 4.12. The number of nitrogens with zero attached hydrogens (tertiary/aromatic N) is 2. The van der Waals surface area contributed by atoms with Crippen molar-refractivity contribution in [3.05, 3.63) is 95.3 Å². The second-order valence-electron chi connectivity index (χ2n) is 8.77. The van der Waals surface area contributed by atoms with Crippen molar-refractivity contribution in [1.29, 1.82) is 0 Å². The van der Waals surface area contributed by atoms with E-state index < -0.39 is 0 Å². The molecule has 0 spiro atoms. The number of nitrogens with one attached hydrogen (secondary N) is 1. The van der Waals surface area contributed by atoms with Gasteiger partial charge in [0.05, 0.1) is 17.6 Å². The molecule has 176 valence electrons. The third-order valence-corrected chi connectivity index (χ3v) is 5.98. The number of ether oxygens (including phenoxy) is 1. The smallest absolute Gasteiger partial charge is 0.251 e. The van der Waals surface area contributed by atoms with Crippen molar-refractivity contribution in [2.75, 3.05) is 13.2 Å². The molecule has 1 amide bonds. The van der Waals surface area contributed by atoms with Crippen molar-refractivity contribution in [3.8, 4) is 5.75 Å². The van der Waals surface area contributed by atoms with Gasteiger partial charge in [-0.25, -0.2) is 4.98 Å². The topological polar surface area (TPSA) is 56.2 Å². The number of aryl methyl sites for hydroxylation is 3. The molecule has 0 atom stereocenters. The van der Waals surface area contributed by atoms with E-state index >= 15 is 0 Å². The number of carbonyl (C=O) groups is 1. The first-order chi connectivity index (χ1) is 16.6. The summed E-state index contributed by atoms with van der Waals surface area (Å²) in [7, 11) is 0. The van der Waals surface area contributed by atoms with E-state index in [1.807, 2.05) is 49.4 Å². The van der Waals surface area contributed by atoms with Crippen LogP contribution in [0.15, 0.2) is 72.8 Å². The quantitative estimate of drug-likeness (QED) is 0.288. The fraction of sp³-hybridized carbons (Fsp3) is 0.310. The molecule has 0 aliphatic heterocycles. The van der Waals surface area contributed by atoms with Crippen LogP contribution in [0.3, 0.4) is 0 Å². The molecular formula is C29H33N3O2. The minimum atomic E-state index is -0.00426. The number of rotatable bonds is 11. The summed E-state index contributed by atoms with van der Waals surface area (Å²) in [5, 5.41) is 3.02. The van der Waals surface area contributed by atoms with Gasteiger partial charge < -0.3 is 14.6 Å². The summed E-state index contributed by atoms with van der Waals surface area (Å²) in [4.78, 5) is 17.1. The first-order valence-corrected chi connectivity index (χ1v) is 12.1. The molecule has 5 heteroatoms. The molecule has 0 radical (unpaired) electrons. The van der Waals surface area contributed by atoms with E-state index in [9.17, 15) is 4.79 Å². The Kier molecular flexibility index (Phi) is 7.97. The van der Waals surface area contributed by atoms with Crippen LogP contribution in [0.2, 0.25) is 0 Å². The molecule has 0 aliphatic rings. The van der Waals surface area contributed by atoms with Crippen LogP contribution in [0.1, 0.15) is 46.6 Å². The Balaban J connectivity index is 1.26. The maximum absolute atomic E-state index is 12.2. The standard InChI is InChI=1S/C29H33N3O2/c1-22-14-16-24(17-15-22)29(33)30-18-7-3-4-13-28-31-26-11-5-6-12-27(26)32(28)19-20-34-25-10-8-9-23(2)21-25/h5-6,8-12,14-17,21H,3-4,7,13,18-20H2,1-2H3,(H,30,33). The normalized spacial score (nSPS) is 11.0. The number of imidazole rings is 1. The summed E-state index contributed by atoms with van der Waals surface area (Å²) in [6.07, 6.45) is 3.93. The van der Waals surface area contributed by atoms with E-state index in [0.29, 0.717) is 18.7 Å². The summed E-state index contributed by atoms with van der Waals surface area (Å²) in [6, 6.07) is 24.1. The zero-order valence-electron chi connectivity index (χ0n) is 20.1. The lowest BCUT2D eigenvalue weighted by Crippen LogP contribution is -2.24. The summed E-state index contributed by atoms with van der Waals surface area (Å²) in [5.41, 5.74) is 5.24. The van der Waals surface area contributed by atoms with E-state index in [0.717, 1.165) is 60.4 Å². The minimum Gasteiger partial charge on any atom is -0.492 e. The van der Waals surface area contributed by atoms with Gasteiger partial charge in [0.15, 0.2) is 0 Å². The van der Waals surface area contributed by atoms with E-state index in [4.69, 9.17) is 9.72 Å². The van der Waals surface area contributed by atoms with Gasteiger partial charge in [-0.3, -0.25) is 4.79 Å². The molecule has 3 aromatic carbocycles. The van der Waals surface area contributed by atoms with Gasteiger partial charge in [0, 0.05) is 18.5 Å². The molecule has 0 bridgehead atoms. The highest BCUT2D eigenvalue weighted by Crippen LogP contribution is 2.19. The van der Waals surface area contributed by atoms with Crippen molar-refractivity contribution in [1.82, 2.24) is 14.9 Å². The van der Waals surface area contributed by atoms with Gasteiger partial charge in [-0.05, 0) is 68.7 Å². The molecule has 0 saturated heterocycles. The molecule has 4 rings (SSSR count). The van der Waals surface area contributed by atoms with Gasteiger partial charge in [-0.2, -0.15) is 0 Å². The molecule has 4 aromatic rings. The van der Waals surface area contributed by atoms with Crippen LogP contribution in [0.25, 0.3) is 11.0 Å². The highest BCUT2D eigenvalue weighted by atomic mass is 16.5. The average Bonchev–Trinajstić information content (AvgIpc) is 3.19. The number of para-hydroxylation sites is 2. The number of aromatic nitrogens is 2. The third-order valence-electron chi connectivity index (χ3n) is 5.98. The van der Waals surface area contributed by atoms with E-state index in [1.165, 1.54) is 5.56 Å². The first kappa shape index (κ1) is 23.6. The lowest BCUT2D eigenvalue weighted by atomic mass is 10.1. The number of hydrogen-bond acceptors (Lipinski definition) is 3. The predicted octanol–water partition coefficient (Wildman–Crippen LogP) is 5.87. The SMILES string of the molecule is Cc1ccc(C(=O)NCCCCCc2nc3ccccc3n2CCOc2cccc(C)c2)cc1. The molecule has 0 saturated carbocycles. The summed E-state index contributed by atoms with van der Waals surface area (Å²) >= 11 is 0. The van der Waals surface area contributed by atoms with Gasteiger partial charge >= 0.3 is 0 Å². The van der Waals surface area contributed by atoms with Crippen LogP contribution < -0.4 is 10.1 Å².